The van der Waals surface area contributed by atoms with Gasteiger partial charge in [-0.2, -0.15) is 13.2 Å². The number of pyridine rings is 2. The van der Waals surface area contributed by atoms with Gasteiger partial charge in [-0.3, -0.25) is 15.0 Å². The summed E-state index contributed by atoms with van der Waals surface area (Å²) in [4.78, 5) is 52.2. The number of anilines is 1. The first-order valence-electron chi connectivity index (χ1n) is 17.0. The molecule has 2 N–H and O–H groups in total. The monoisotopic (exact) mass is 727 g/mol. The number of fused-ring (bicyclic) bond motifs is 1. The summed E-state index contributed by atoms with van der Waals surface area (Å²) < 4.78 is 53.3. The second-order valence-electron chi connectivity index (χ2n) is 12.5. The molecule has 12 nitrogen and oxygen atoms in total. The average Bonchev–Trinajstić information content (AvgIpc) is 3.80. The van der Waals surface area contributed by atoms with Crippen molar-refractivity contribution in [1.82, 2.24) is 29.7 Å². The normalized spacial score (nSPS) is 17.2. The maximum absolute atomic E-state index is 13.9. The molecule has 16 heteroatoms. The first-order chi connectivity index (χ1) is 24.5. The number of benzene rings is 1. The van der Waals surface area contributed by atoms with Gasteiger partial charge in [0.15, 0.2) is 5.69 Å². The number of esters is 1. The Kier molecular flexibility index (Phi) is 11.3. The van der Waals surface area contributed by atoms with Gasteiger partial charge in [0.1, 0.15) is 16.4 Å². The SMILES string of the molecule is CCNC(=O)Nc1cc(-c2nc(C(F)(F)F)cs2)c(-c2ccc3c(c2)c(=O)c(C(=O)OCC)cn3C[C@H]2CCN(CCN3CCOCC3)C2)cn1. The van der Waals surface area contributed by atoms with E-state index >= 15 is 0 Å². The van der Waals surface area contributed by atoms with Gasteiger partial charge in [-0.1, -0.05) is 6.07 Å². The number of aromatic nitrogens is 3. The van der Waals surface area contributed by atoms with Crippen LogP contribution in [0, 0.1) is 5.92 Å². The molecule has 2 saturated heterocycles. The lowest BCUT2D eigenvalue weighted by molar-refractivity contribution is -0.140. The summed E-state index contributed by atoms with van der Waals surface area (Å²) in [5.74, 6) is -0.344. The highest BCUT2D eigenvalue weighted by molar-refractivity contribution is 7.13. The smallest absolute Gasteiger partial charge is 0.434 e. The Labute approximate surface area is 296 Å². The van der Waals surface area contributed by atoms with E-state index in [0.29, 0.717) is 29.7 Å². The molecule has 0 spiro atoms. The Morgan fingerprint density at radius 3 is 2.59 bits per heavy atom. The maximum Gasteiger partial charge on any atom is 0.434 e. The fourth-order valence-electron chi connectivity index (χ4n) is 6.50. The Bertz CT molecular complexity index is 1940. The van der Waals surface area contributed by atoms with Gasteiger partial charge in [-0.25, -0.2) is 19.6 Å². The Balaban J connectivity index is 1.36. The summed E-state index contributed by atoms with van der Waals surface area (Å²) >= 11 is 0.800. The molecule has 1 atom stereocenters. The molecule has 2 fully saturated rings. The van der Waals surface area contributed by atoms with E-state index in [1.54, 1.807) is 38.2 Å². The van der Waals surface area contributed by atoms with Gasteiger partial charge in [0, 0.05) is 80.1 Å². The minimum Gasteiger partial charge on any atom is -0.462 e. The van der Waals surface area contributed by atoms with Crippen molar-refractivity contribution in [2.45, 2.75) is 33.0 Å². The Hall–Kier alpha value is -4.38. The second kappa shape index (κ2) is 15.9. The number of ether oxygens (including phenoxy) is 2. The van der Waals surface area contributed by atoms with E-state index in [2.05, 4.69) is 30.4 Å². The fraction of sp³-hybridized carbons (Fsp3) is 0.457. The largest absolute Gasteiger partial charge is 0.462 e. The van der Waals surface area contributed by atoms with Crippen LogP contribution in [-0.2, 0) is 22.2 Å². The van der Waals surface area contributed by atoms with Crippen LogP contribution < -0.4 is 16.1 Å². The molecule has 0 saturated carbocycles. The molecule has 0 unspecified atom stereocenters. The summed E-state index contributed by atoms with van der Waals surface area (Å²) in [6, 6.07) is 6.09. The number of likely N-dealkylation sites (tertiary alicyclic amines) is 1. The van der Waals surface area contributed by atoms with Crippen LogP contribution in [-0.4, -0.2) is 102 Å². The summed E-state index contributed by atoms with van der Waals surface area (Å²) in [6.45, 7) is 11.6. The zero-order valence-corrected chi connectivity index (χ0v) is 29.2. The van der Waals surface area contributed by atoms with E-state index in [1.807, 2.05) is 4.57 Å². The van der Waals surface area contributed by atoms with E-state index in [0.717, 1.165) is 75.6 Å². The third kappa shape index (κ3) is 8.57. The molecule has 2 aliphatic rings. The molecule has 0 radical (unpaired) electrons. The van der Waals surface area contributed by atoms with Gasteiger partial charge >= 0.3 is 18.2 Å². The lowest BCUT2D eigenvalue weighted by Crippen LogP contribution is -2.41. The van der Waals surface area contributed by atoms with Crippen molar-refractivity contribution in [1.29, 1.82) is 0 Å². The number of hydrogen-bond donors (Lipinski definition) is 2. The van der Waals surface area contributed by atoms with Crippen molar-refractivity contribution < 1.29 is 32.2 Å². The third-order valence-electron chi connectivity index (χ3n) is 9.06. The number of nitrogens with zero attached hydrogens (tertiary/aromatic N) is 5. The van der Waals surface area contributed by atoms with Gasteiger partial charge in [-0.05, 0) is 56.5 Å². The first kappa shape index (κ1) is 36.4. The molecule has 51 heavy (non-hydrogen) atoms. The number of carbonyl (C=O) groups is 2. The van der Waals surface area contributed by atoms with Crippen LogP contribution in [0.1, 0.15) is 36.3 Å². The molecule has 6 rings (SSSR count). The molecule has 0 aliphatic carbocycles. The Morgan fingerprint density at radius 2 is 1.86 bits per heavy atom. The number of urea groups is 1. The number of halogens is 3. The van der Waals surface area contributed by atoms with Crippen molar-refractivity contribution in [2.24, 2.45) is 5.92 Å². The van der Waals surface area contributed by atoms with Gasteiger partial charge in [0.05, 0.1) is 25.3 Å². The molecule has 4 aromatic rings. The highest BCUT2D eigenvalue weighted by atomic mass is 32.1. The lowest BCUT2D eigenvalue weighted by atomic mass is 9.99. The van der Waals surface area contributed by atoms with Crippen LogP contribution in [0.25, 0.3) is 32.6 Å². The third-order valence-corrected chi connectivity index (χ3v) is 9.93. The molecule has 1 aromatic carbocycles. The number of thiazole rings is 1. The van der Waals surface area contributed by atoms with E-state index in [9.17, 15) is 27.6 Å². The molecule has 3 aromatic heterocycles. The number of morpholine rings is 1. The number of nitrogens with one attached hydrogen (secondary N) is 2. The van der Waals surface area contributed by atoms with Crippen LogP contribution in [0.15, 0.2) is 46.8 Å². The molecule has 0 bridgehead atoms. The van der Waals surface area contributed by atoms with E-state index < -0.39 is 29.3 Å². The van der Waals surface area contributed by atoms with Gasteiger partial charge in [-0.15, -0.1) is 11.3 Å². The van der Waals surface area contributed by atoms with Crippen LogP contribution in [0.5, 0.6) is 0 Å². The van der Waals surface area contributed by atoms with Crippen molar-refractivity contribution in [2.75, 3.05) is 71.0 Å². The minimum atomic E-state index is -4.65. The van der Waals surface area contributed by atoms with Crippen molar-refractivity contribution >= 4 is 40.1 Å². The van der Waals surface area contributed by atoms with Gasteiger partial charge in [0.2, 0.25) is 5.43 Å². The second-order valence-corrected chi connectivity index (χ2v) is 13.4. The maximum atomic E-state index is 13.9. The highest BCUT2D eigenvalue weighted by Crippen LogP contribution is 2.39. The highest BCUT2D eigenvalue weighted by Gasteiger charge is 2.34. The molecule has 272 valence electrons. The number of amides is 2. The van der Waals surface area contributed by atoms with Crippen molar-refractivity contribution in [3.63, 3.8) is 0 Å². The topological polar surface area (TPSA) is 131 Å². The fourth-order valence-corrected chi connectivity index (χ4v) is 7.36. The standard InChI is InChI=1S/C35H40F3N7O5S/c1-3-39-34(48)42-30-16-24(32-41-29(21-51-32)35(36,37)38)26(17-40-30)23-5-6-28-25(15-23)31(46)27(33(47)50-4-2)20-45(28)19-22-7-8-44(18-22)10-9-43-11-13-49-14-12-43/h5-6,15-17,20-22H,3-4,7-14,18-19H2,1-2H3,(H2,39,40,42,48)/t22-/m0/s1. The molecular weight excluding hydrogens is 687 g/mol. The van der Waals surface area contributed by atoms with Gasteiger partial charge in [0.25, 0.3) is 0 Å². The van der Waals surface area contributed by atoms with Crippen LogP contribution in [0.2, 0.25) is 0 Å². The molecular formula is C35H40F3N7O5S. The van der Waals surface area contributed by atoms with Crippen LogP contribution >= 0.6 is 11.3 Å². The van der Waals surface area contributed by atoms with Crippen molar-refractivity contribution in [3.05, 3.63) is 63.5 Å². The van der Waals surface area contributed by atoms with E-state index in [4.69, 9.17) is 9.47 Å². The van der Waals surface area contributed by atoms with Crippen molar-refractivity contribution in [3.8, 4) is 21.7 Å². The first-order valence-corrected chi connectivity index (χ1v) is 17.9. The summed E-state index contributed by atoms with van der Waals surface area (Å²) in [6.07, 6.45) is -0.699. The summed E-state index contributed by atoms with van der Waals surface area (Å²) in [5.41, 5.74) is 0.0909. The lowest BCUT2D eigenvalue weighted by Gasteiger charge is -2.28. The predicted molar refractivity (Wildman–Crippen MR) is 188 cm³/mol. The predicted octanol–water partition coefficient (Wildman–Crippen LogP) is 5.18. The molecule has 2 amide bonds. The summed E-state index contributed by atoms with van der Waals surface area (Å²) in [7, 11) is 0. The average molecular weight is 728 g/mol. The number of rotatable bonds is 11. The van der Waals surface area contributed by atoms with Crippen LogP contribution in [0.4, 0.5) is 23.8 Å². The van der Waals surface area contributed by atoms with Gasteiger partial charge < -0.3 is 24.3 Å². The zero-order chi connectivity index (χ0) is 36.1. The van der Waals surface area contributed by atoms with E-state index in [1.165, 1.54) is 12.3 Å². The number of carbonyl (C=O) groups excluding carboxylic acids is 2. The van der Waals surface area contributed by atoms with Crippen LogP contribution in [0.3, 0.4) is 0 Å². The number of alkyl halides is 3. The molecule has 5 heterocycles. The minimum absolute atomic E-state index is 0.0517. The zero-order valence-electron chi connectivity index (χ0n) is 28.4. The number of hydrogen-bond acceptors (Lipinski definition) is 10. The molecule has 2 aliphatic heterocycles. The quantitative estimate of drug-likeness (QED) is 0.201. The Morgan fingerprint density at radius 1 is 1.08 bits per heavy atom. The van der Waals surface area contributed by atoms with E-state index in [-0.39, 0.29) is 39.9 Å². The summed E-state index contributed by atoms with van der Waals surface area (Å²) in [5, 5.41) is 6.41.